The molecule has 7 atom stereocenters. The Bertz CT molecular complexity index is 606. The number of piperidine rings is 1. The molecule has 2 saturated heterocycles. The van der Waals surface area contributed by atoms with E-state index in [0.717, 1.165) is 29.7 Å². The van der Waals surface area contributed by atoms with Crippen molar-refractivity contribution >= 4 is 0 Å². The lowest BCUT2D eigenvalue weighted by atomic mass is 9.44. The fraction of sp³-hybridized carbons (Fsp3) is 1.00. The second-order valence-corrected chi connectivity index (χ2v) is 13.2. The first-order valence-corrected chi connectivity index (χ1v) is 12.9. The highest BCUT2D eigenvalue weighted by molar-refractivity contribution is 5.07. The van der Waals surface area contributed by atoms with Gasteiger partial charge in [0.1, 0.15) is 0 Å². The van der Waals surface area contributed by atoms with Crippen LogP contribution in [0, 0.1) is 29.1 Å². The second-order valence-electron chi connectivity index (χ2n) is 13.2. The highest BCUT2D eigenvalue weighted by Crippen LogP contribution is 2.64. The molecule has 0 aromatic heterocycles. The Morgan fingerprint density at radius 2 is 1.46 bits per heavy atom. The SMILES string of the molecule is C[C@]12CCC3C(CC[C@H]4C[C@H]([N+]5(C)CCCC5)CC[C@]34C)C1CCC[N+]2(C)C. The molecule has 3 saturated carbocycles. The predicted octanol–water partition coefficient (Wildman–Crippen LogP) is 5.47. The van der Waals surface area contributed by atoms with E-state index in [0.29, 0.717) is 11.0 Å². The van der Waals surface area contributed by atoms with Crippen LogP contribution < -0.4 is 0 Å². The zero-order chi connectivity index (χ0) is 19.8. The Balaban J connectivity index is 1.37. The molecule has 0 radical (unpaired) electrons. The number of hydrogen-bond donors (Lipinski definition) is 0. The zero-order valence-corrected chi connectivity index (χ0v) is 19.7. The summed E-state index contributed by atoms with van der Waals surface area (Å²) in [5.41, 5.74) is 1.21. The second kappa shape index (κ2) is 6.46. The normalized spacial score (nSPS) is 52.4. The lowest BCUT2D eigenvalue weighted by Gasteiger charge is -2.65. The molecule has 2 nitrogen and oxygen atoms in total. The standard InChI is InChI=1S/C26H48N2/c1-25-14-12-21(28(5)17-6-7-18-28)19-20(25)10-11-22-23(25)13-15-26(2)24(22)9-8-16-27(26,3)4/h20-24H,6-19H2,1-5H3/q+2/t20-,21+,22?,23?,24?,25-,26-/m0/s1. The fourth-order valence-corrected chi connectivity index (χ4v) is 9.76. The largest absolute Gasteiger partial charge is 0.324 e. The molecule has 2 heteroatoms. The van der Waals surface area contributed by atoms with Gasteiger partial charge in [-0.05, 0) is 75.0 Å². The highest BCUT2D eigenvalue weighted by atomic mass is 15.4. The third-order valence-electron chi connectivity index (χ3n) is 12.1. The van der Waals surface area contributed by atoms with E-state index < -0.39 is 0 Å². The number of likely N-dealkylation sites (tertiary alicyclic amines) is 2. The Morgan fingerprint density at radius 3 is 2.21 bits per heavy atom. The molecule has 5 aliphatic rings. The number of nitrogens with zero attached hydrogens (tertiary/aromatic N) is 2. The molecule has 0 spiro atoms. The predicted molar refractivity (Wildman–Crippen MR) is 118 cm³/mol. The quantitative estimate of drug-likeness (QED) is 0.523. The molecule has 0 amide bonds. The number of hydrogen-bond acceptors (Lipinski definition) is 0. The van der Waals surface area contributed by atoms with Crippen LogP contribution in [0.25, 0.3) is 0 Å². The molecule has 160 valence electrons. The summed E-state index contributed by atoms with van der Waals surface area (Å²) in [5, 5.41) is 0. The first-order chi connectivity index (χ1) is 13.2. The van der Waals surface area contributed by atoms with Crippen molar-refractivity contribution in [1.82, 2.24) is 0 Å². The lowest BCUT2D eigenvalue weighted by Crippen LogP contribution is -2.69. The number of rotatable bonds is 1. The van der Waals surface area contributed by atoms with Gasteiger partial charge in [0.2, 0.25) is 0 Å². The Hall–Kier alpha value is -0.0800. The van der Waals surface area contributed by atoms with Gasteiger partial charge in [0.15, 0.2) is 0 Å². The van der Waals surface area contributed by atoms with Crippen molar-refractivity contribution in [1.29, 1.82) is 0 Å². The smallest absolute Gasteiger partial charge is 0.0991 e. The molecular formula is C26H48N2+2. The minimum Gasteiger partial charge on any atom is -0.324 e. The van der Waals surface area contributed by atoms with Gasteiger partial charge < -0.3 is 8.97 Å². The van der Waals surface area contributed by atoms with Crippen molar-refractivity contribution in [3.05, 3.63) is 0 Å². The van der Waals surface area contributed by atoms with E-state index in [4.69, 9.17) is 0 Å². The van der Waals surface area contributed by atoms with Crippen LogP contribution in [0.4, 0.5) is 0 Å². The molecule has 3 unspecified atom stereocenters. The topological polar surface area (TPSA) is 0 Å². The van der Waals surface area contributed by atoms with Crippen LogP contribution in [0.5, 0.6) is 0 Å². The Kier molecular flexibility index (Phi) is 4.58. The first kappa shape index (κ1) is 19.9. The molecule has 5 fully saturated rings. The van der Waals surface area contributed by atoms with Gasteiger partial charge in [-0.3, -0.25) is 0 Å². The molecule has 3 aliphatic carbocycles. The van der Waals surface area contributed by atoms with E-state index in [1.807, 2.05) is 0 Å². The minimum atomic E-state index is 0.550. The van der Waals surface area contributed by atoms with Gasteiger partial charge >= 0.3 is 0 Å². The van der Waals surface area contributed by atoms with Gasteiger partial charge in [-0.2, -0.15) is 0 Å². The monoisotopic (exact) mass is 388 g/mol. The van der Waals surface area contributed by atoms with E-state index in [1.165, 1.54) is 73.5 Å². The van der Waals surface area contributed by atoms with Crippen LogP contribution in [0.1, 0.15) is 84.5 Å². The average molecular weight is 389 g/mol. The summed E-state index contributed by atoms with van der Waals surface area (Å²) in [4.78, 5) is 0. The van der Waals surface area contributed by atoms with Gasteiger partial charge in [0, 0.05) is 31.6 Å². The van der Waals surface area contributed by atoms with Crippen LogP contribution >= 0.6 is 0 Å². The van der Waals surface area contributed by atoms with Gasteiger partial charge in [0.05, 0.1) is 52.4 Å². The third kappa shape index (κ3) is 2.65. The van der Waals surface area contributed by atoms with Crippen molar-refractivity contribution in [2.45, 2.75) is 96.1 Å². The van der Waals surface area contributed by atoms with E-state index in [9.17, 15) is 0 Å². The van der Waals surface area contributed by atoms with Crippen molar-refractivity contribution in [3.8, 4) is 0 Å². The molecule has 28 heavy (non-hydrogen) atoms. The van der Waals surface area contributed by atoms with Gasteiger partial charge in [-0.25, -0.2) is 0 Å². The van der Waals surface area contributed by atoms with Crippen molar-refractivity contribution in [2.24, 2.45) is 29.1 Å². The third-order valence-corrected chi connectivity index (χ3v) is 12.1. The lowest BCUT2D eigenvalue weighted by molar-refractivity contribution is -0.952. The van der Waals surface area contributed by atoms with Crippen molar-refractivity contribution in [3.63, 3.8) is 0 Å². The van der Waals surface area contributed by atoms with Crippen LogP contribution in [-0.4, -0.2) is 61.3 Å². The van der Waals surface area contributed by atoms with E-state index in [1.54, 1.807) is 25.7 Å². The maximum absolute atomic E-state index is 2.76. The highest BCUT2D eigenvalue weighted by Gasteiger charge is 2.62. The van der Waals surface area contributed by atoms with E-state index in [2.05, 4.69) is 35.0 Å². The summed E-state index contributed by atoms with van der Waals surface area (Å²) in [6.45, 7) is 9.78. The summed E-state index contributed by atoms with van der Waals surface area (Å²) in [5.74, 6) is 4.09. The molecule has 5 rings (SSSR count). The van der Waals surface area contributed by atoms with Gasteiger partial charge in [-0.1, -0.05) is 6.92 Å². The molecule has 2 aliphatic heterocycles. The van der Waals surface area contributed by atoms with Crippen molar-refractivity contribution in [2.75, 3.05) is 40.8 Å². The fourth-order valence-electron chi connectivity index (χ4n) is 9.76. The Morgan fingerprint density at radius 1 is 0.714 bits per heavy atom. The summed E-state index contributed by atoms with van der Waals surface area (Å²) in [6, 6.07) is 0.983. The van der Waals surface area contributed by atoms with Crippen LogP contribution in [0.3, 0.4) is 0 Å². The summed E-state index contributed by atoms with van der Waals surface area (Å²) in [6.07, 6.45) is 16.7. The van der Waals surface area contributed by atoms with Crippen LogP contribution in [0.2, 0.25) is 0 Å². The number of quaternary nitrogens is 2. The van der Waals surface area contributed by atoms with E-state index >= 15 is 0 Å². The summed E-state index contributed by atoms with van der Waals surface area (Å²) in [7, 11) is 7.69. The molecule has 0 bridgehead atoms. The number of fused-ring (bicyclic) bond motifs is 5. The first-order valence-electron chi connectivity index (χ1n) is 12.9. The summed E-state index contributed by atoms with van der Waals surface area (Å²) < 4.78 is 2.71. The average Bonchev–Trinajstić information content (AvgIpc) is 3.09. The van der Waals surface area contributed by atoms with Crippen molar-refractivity contribution < 1.29 is 8.97 Å². The van der Waals surface area contributed by atoms with E-state index in [-0.39, 0.29) is 0 Å². The zero-order valence-electron chi connectivity index (χ0n) is 19.7. The molecule has 0 aromatic carbocycles. The summed E-state index contributed by atoms with van der Waals surface area (Å²) >= 11 is 0. The minimum absolute atomic E-state index is 0.550. The Labute approximate surface area is 175 Å². The maximum atomic E-state index is 2.76. The molecule has 0 N–H and O–H groups in total. The molecule has 0 aromatic rings. The van der Waals surface area contributed by atoms with Gasteiger partial charge in [0.25, 0.3) is 0 Å². The molecule has 2 heterocycles. The molecular weight excluding hydrogens is 340 g/mol. The van der Waals surface area contributed by atoms with Crippen LogP contribution in [0.15, 0.2) is 0 Å². The maximum Gasteiger partial charge on any atom is 0.0991 e. The van der Waals surface area contributed by atoms with Crippen LogP contribution in [-0.2, 0) is 0 Å². The van der Waals surface area contributed by atoms with Gasteiger partial charge in [-0.15, -0.1) is 0 Å².